The Morgan fingerprint density at radius 3 is 2.26 bits per heavy atom. The Balaban J connectivity index is 2.92. The number of hydrogen-bond donors (Lipinski definition) is 0. The molecule has 0 saturated carbocycles. The van der Waals surface area contributed by atoms with Crippen LogP contribution in [0.2, 0.25) is 0 Å². The van der Waals surface area contributed by atoms with Crippen LogP contribution in [0, 0.1) is 13.8 Å². The predicted octanol–water partition coefficient (Wildman–Crippen LogP) is 4.35. The second kappa shape index (κ2) is 4.44. The molecule has 0 bridgehead atoms. The van der Waals surface area contributed by atoms with E-state index in [2.05, 4.69) is 39.8 Å². The summed E-state index contributed by atoms with van der Waals surface area (Å²) in [6.07, 6.45) is 0. The van der Waals surface area contributed by atoms with Gasteiger partial charge in [0.05, 0.1) is 5.52 Å². The van der Waals surface area contributed by atoms with Crippen molar-refractivity contribution >= 4 is 16.7 Å². The summed E-state index contributed by atoms with van der Waals surface area (Å²) in [5.41, 5.74) is 4.93. The van der Waals surface area contributed by atoms with Crippen molar-refractivity contribution in [1.82, 2.24) is 4.98 Å². The summed E-state index contributed by atoms with van der Waals surface area (Å²) in [6, 6.07) is 6.12. The van der Waals surface area contributed by atoms with Crippen molar-refractivity contribution in [3.8, 4) is 0 Å². The van der Waals surface area contributed by atoms with Crippen LogP contribution in [0.4, 0.5) is 0 Å². The highest BCUT2D eigenvalue weighted by molar-refractivity contribution is 6.07. The number of rotatable bonds is 1. The van der Waals surface area contributed by atoms with Crippen LogP contribution in [-0.4, -0.2) is 10.8 Å². The van der Waals surface area contributed by atoms with Crippen molar-refractivity contribution in [1.29, 1.82) is 0 Å². The first kappa shape index (κ1) is 13.7. The number of fused-ring (bicyclic) bond motifs is 1. The van der Waals surface area contributed by atoms with Gasteiger partial charge in [0.2, 0.25) is 0 Å². The van der Waals surface area contributed by atoms with Gasteiger partial charge in [-0.1, -0.05) is 32.4 Å². The van der Waals surface area contributed by atoms with Gasteiger partial charge >= 0.3 is 0 Å². The van der Waals surface area contributed by atoms with Crippen molar-refractivity contribution in [2.45, 2.75) is 47.0 Å². The Morgan fingerprint density at radius 2 is 1.74 bits per heavy atom. The fraction of sp³-hybridized carbons (Fsp3) is 0.412. The average Bonchev–Trinajstić information content (AvgIpc) is 2.25. The minimum absolute atomic E-state index is 0.0598. The summed E-state index contributed by atoms with van der Waals surface area (Å²) < 4.78 is 0. The number of ketones is 1. The number of aryl methyl sites for hydroxylation is 2. The van der Waals surface area contributed by atoms with Gasteiger partial charge in [-0.25, -0.2) is 0 Å². The monoisotopic (exact) mass is 255 g/mol. The molecule has 2 aromatic rings. The molecule has 0 radical (unpaired) electrons. The van der Waals surface area contributed by atoms with E-state index in [1.54, 1.807) is 6.92 Å². The maximum Gasteiger partial charge on any atom is 0.160 e. The number of benzene rings is 1. The van der Waals surface area contributed by atoms with Crippen LogP contribution in [0.1, 0.15) is 54.9 Å². The standard InChI is InChI=1S/C17H21NO/c1-10-7-11(2)16-14(8-10)13(12(3)19)9-15(18-16)17(4,5)6/h7-9H,1-6H3. The molecule has 0 fully saturated rings. The molecule has 0 spiro atoms. The van der Waals surface area contributed by atoms with E-state index in [0.717, 1.165) is 33.3 Å². The Hall–Kier alpha value is -1.70. The third-order valence-corrected chi connectivity index (χ3v) is 3.40. The zero-order chi connectivity index (χ0) is 14.4. The first-order chi connectivity index (χ1) is 8.70. The molecule has 2 nitrogen and oxygen atoms in total. The molecule has 0 N–H and O–H groups in total. The highest BCUT2D eigenvalue weighted by Crippen LogP contribution is 2.28. The molecule has 2 heteroatoms. The molecule has 0 aliphatic carbocycles. The van der Waals surface area contributed by atoms with E-state index in [4.69, 9.17) is 4.98 Å². The molecular formula is C17H21NO. The first-order valence-corrected chi connectivity index (χ1v) is 6.63. The molecule has 1 heterocycles. The molecule has 1 aromatic heterocycles. The number of hydrogen-bond acceptors (Lipinski definition) is 2. The summed E-state index contributed by atoms with van der Waals surface area (Å²) >= 11 is 0. The van der Waals surface area contributed by atoms with E-state index in [1.165, 1.54) is 0 Å². The highest BCUT2D eigenvalue weighted by Gasteiger charge is 2.20. The van der Waals surface area contributed by atoms with E-state index in [1.807, 2.05) is 13.0 Å². The quantitative estimate of drug-likeness (QED) is 0.709. The summed E-state index contributed by atoms with van der Waals surface area (Å²) in [4.78, 5) is 16.7. The molecule has 0 unspecified atom stereocenters. The third-order valence-electron chi connectivity index (χ3n) is 3.40. The van der Waals surface area contributed by atoms with E-state index in [0.29, 0.717) is 0 Å². The van der Waals surface area contributed by atoms with Gasteiger partial charge < -0.3 is 0 Å². The van der Waals surface area contributed by atoms with Crippen LogP contribution in [0.5, 0.6) is 0 Å². The fourth-order valence-corrected chi connectivity index (χ4v) is 2.36. The Morgan fingerprint density at radius 1 is 1.11 bits per heavy atom. The van der Waals surface area contributed by atoms with Gasteiger partial charge in [0.15, 0.2) is 5.78 Å². The number of carbonyl (C=O) groups is 1. The molecule has 0 atom stereocenters. The molecular weight excluding hydrogens is 234 g/mol. The zero-order valence-electron chi connectivity index (χ0n) is 12.6. The fourth-order valence-electron chi connectivity index (χ4n) is 2.36. The van der Waals surface area contributed by atoms with Crippen molar-refractivity contribution < 1.29 is 4.79 Å². The SMILES string of the molecule is CC(=O)c1cc(C(C)(C)C)nc2c(C)cc(C)cc12. The number of nitrogens with zero attached hydrogens (tertiary/aromatic N) is 1. The van der Waals surface area contributed by atoms with Crippen LogP contribution >= 0.6 is 0 Å². The summed E-state index contributed by atoms with van der Waals surface area (Å²) in [5, 5.41) is 0.970. The number of aromatic nitrogens is 1. The highest BCUT2D eigenvalue weighted by atomic mass is 16.1. The van der Waals surface area contributed by atoms with Gasteiger partial charge in [0.1, 0.15) is 0 Å². The van der Waals surface area contributed by atoms with Crippen molar-refractivity contribution in [3.05, 3.63) is 40.6 Å². The van der Waals surface area contributed by atoms with Crippen LogP contribution in [0.3, 0.4) is 0 Å². The maximum atomic E-state index is 11.9. The first-order valence-electron chi connectivity index (χ1n) is 6.63. The zero-order valence-corrected chi connectivity index (χ0v) is 12.6. The van der Waals surface area contributed by atoms with Crippen LogP contribution in [-0.2, 0) is 5.41 Å². The molecule has 0 saturated heterocycles. The van der Waals surface area contributed by atoms with Crippen LogP contribution in [0.25, 0.3) is 10.9 Å². The smallest absolute Gasteiger partial charge is 0.160 e. The second-order valence-corrected chi connectivity index (χ2v) is 6.34. The maximum absolute atomic E-state index is 11.9. The average molecular weight is 255 g/mol. The Bertz CT molecular complexity index is 663. The lowest BCUT2D eigenvalue weighted by Crippen LogP contribution is -2.15. The van der Waals surface area contributed by atoms with E-state index in [9.17, 15) is 4.79 Å². The lowest BCUT2D eigenvalue weighted by Gasteiger charge is -2.20. The summed E-state index contributed by atoms with van der Waals surface area (Å²) in [5.74, 6) is 0.0999. The summed E-state index contributed by atoms with van der Waals surface area (Å²) in [6.45, 7) is 12.1. The van der Waals surface area contributed by atoms with Crippen LogP contribution in [0.15, 0.2) is 18.2 Å². The second-order valence-electron chi connectivity index (χ2n) is 6.34. The minimum Gasteiger partial charge on any atom is -0.294 e. The largest absolute Gasteiger partial charge is 0.294 e. The number of pyridine rings is 1. The van der Waals surface area contributed by atoms with E-state index < -0.39 is 0 Å². The number of Topliss-reactive ketones (excluding diaryl/α,β-unsaturated/α-hetero) is 1. The van der Waals surface area contributed by atoms with Crippen molar-refractivity contribution in [3.63, 3.8) is 0 Å². The van der Waals surface area contributed by atoms with Gasteiger partial charge in [-0.15, -0.1) is 0 Å². The predicted molar refractivity (Wildman–Crippen MR) is 79.9 cm³/mol. The normalized spacial score (nSPS) is 11.9. The van der Waals surface area contributed by atoms with Gasteiger partial charge in [0.25, 0.3) is 0 Å². The lowest BCUT2D eigenvalue weighted by molar-refractivity contribution is 0.101. The van der Waals surface area contributed by atoms with Gasteiger partial charge in [-0.2, -0.15) is 0 Å². The van der Waals surface area contributed by atoms with Crippen molar-refractivity contribution in [2.75, 3.05) is 0 Å². The van der Waals surface area contributed by atoms with E-state index in [-0.39, 0.29) is 11.2 Å². The van der Waals surface area contributed by atoms with E-state index >= 15 is 0 Å². The topological polar surface area (TPSA) is 30.0 Å². The lowest BCUT2D eigenvalue weighted by atomic mass is 9.88. The van der Waals surface area contributed by atoms with Gasteiger partial charge in [-0.3, -0.25) is 9.78 Å². The molecule has 0 aliphatic heterocycles. The molecule has 2 rings (SSSR count). The Kier molecular flexibility index (Phi) is 3.21. The Labute approximate surface area is 114 Å². The van der Waals surface area contributed by atoms with Gasteiger partial charge in [-0.05, 0) is 38.5 Å². The summed E-state index contributed by atoms with van der Waals surface area (Å²) in [7, 11) is 0. The molecule has 0 aliphatic rings. The number of carbonyl (C=O) groups excluding carboxylic acids is 1. The molecule has 100 valence electrons. The third kappa shape index (κ3) is 2.53. The minimum atomic E-state index is -0.0598. The molecule has 19 heavy (non-hydrogen) atoms. The van der Waals surface area contributed by atoms with Crippen LogP contribution < -0.4 is 0 Å². The van der Waals surface area contributed by atoms with Gasteiger partial charge in [0, 0.05) is 22.1 Å². The van der Waals surface area contributed by atoms with Crippen molar-refractivity contribution in [2.24, 2.45) is 0 Å². The molecule has 1 aromatic carbocycles. The molecule has 0 amide bonds.